The topological polar surface area (TPSA) is 132 Å². The molecule has 0 bridgehead atoms. The van der Waals surface area contributed by atoms with Crippen molar-refractivity contribution in [1.82, 2.24) is 0 Å². The number of phenolic OH excluding ortho intramolecular Hbond substituents is 1. The van der Waals surface area contributed by atoms with Crippen LogP contribution in [-0.2, 0) is 4.79 Å². The van der Waals surface area contributed by atoms with Crippen LogP contribution in [0.15, 0.2) is 12.1 Å². The highest BCUT2D eigenvalue weighted by Gasteiger charge is 2.22. The molecule has 0 radical (unpaired) electrons. The van der Waals surface area contributed by atoms with E-state index >= 15 is 0 Å². The third kappa shape index (κ3) is 1.92. The van der Waals surface area contributed by atoms with Crippen LogP contribution in [0.4, 0.5) is 0 Å². The van der Waals surface area contributed by atoms with Gasteiger partial charge in [0.05, 0.1) is 5.56 Å². The number of carboxylic acids is 2. The van der Waals surface area contributed by atoms with E-state index < -0.39 is 40.3 Å². The van der Waals surface area contributed by atoms with E-state index in [1.54, 1.807) is 0 Å². The van der Waals surface area contributed by atoms with Gasteiger partial charge in [0.15, 0.2) is 0 Å². The van der Waals surface area contributed by atoms with E-state index in [4.69, 9.17) is 15.3 Å². The highest BCUT2D eigenvalue weighted by molar-refractivity contribution is 6.40. The Morgan fingerprint density at radius 2 is 1.38 bits per heavy atom. The van der Waals surface area contributed by atoms with Gasteiger partial charge in [0, 0.05) is 6.07 Å². The summed E-state index contributed by atoms with van der Waals surface area (Å²) in [7, 11) is 0. The minimum atomic E-state index is -1.84. The molecule has 0 fully saturated rings. The van der Waals surface area contributed by atoms with Crippen molar-refractivity contribution in [2.24, 2.45) is 0 Å². The van der Waals surface area contributed by atoms with E-state index in [9.17, 15) is 19.5 Å². The summed E-state index contributed by atoms with van der Waals surface area (Å²) in [5.74, 6) is -6.39. The van der Waals surface area contributed by atoms with E-state index in [1.165, 1.54) is 0 Å². The molecule has 0 saturated carbocycles. The predicted molar refractivity (Wildman–Crippen MR) is 48.7 cm³/mol. The molecule has 0 saturated heterocycles. The number of rotatable bonds is 3. The monoisotopic (exact) mass is 226 g/mol. The molecule has 1 aromatic carbocycles. The molecule has 0 heterocycles. The Kier molecular flexibility index (Phi) is 2.80. The highest BCUT2D eigenvalue weighted by Crippen LogP contribution is 2.27. The minimum absolute atomic E-state index is 0.597. The molecule has 0 aliphatic heterocycles. The van der Waals surface area contributed by atoms with Crippen molar-refractivity contribution in [3.05, 3.63) is 23.3 Å². The van der Waals surface area contributed by atoms with Crippen LogP contribution in [0.5, 0.6) is 11.5 Å². The molecule has 0 aromatic heterocycles. The molecule has 0 spiro atoms. The van der Waals surface area contributed by atoms with Crippen LogP contribution in [-0.4, -0.2) is 38.1 Å². The summed E-state index contributed by atoms with van der Waals surface area (Å²) < 4.78 is 0. The summed E-state index contributed by atoms with van der Waals surface area (Å²) in [5, 5.41) is 35.3. The zero-order chi connectivity index (χ0) is 12.5. The Labute approximate surface area is 88.2 Å². The fourth-order valence-electron chi connectivity index (χ4n) is 1.05. The number of ketones is 1. The molecular formula is C9H6O7. The maximum Gasteiger partial charge on any atom is 0.377 e. The van der Waals surface area contributed by atoms with Crippen molar-refractivity contribution < 1.29 is 34.8 Å². The summed E-state index contributed by atoms with van der Waals surface area (Å²) in [5.41, 5.74) is -1.36. The van der Waals surface area contributed by atoms with Crippen LogP contribution in [0.2, 0.25) is 0 Å². The molecule has 4 N–H and O–H groups in total. The van der Waals surface area contributed by atoms with E-state index in [0.717, 1.165) is 0 Å². The first kappa shape index (κ1) is 11.5. The Morgan fingerprint density at radius 1 is 0.875 bits per heavy atom. The van der Waals surface area contributed by atoms with Gasteiger partial charge in [0.2, 0.25) is 0 Å². The predicted octanol–water partition coefficient (Wildman–Crippen LogP) is 0.0633. The second kappa shape index (κ2) is 3.89. The van der Waals surface area contributed by atoms with Crippen molar-refractivity contribution in [2.45, 2.75) is 0 Å². The summed E-state index contributed by atoms with van der Waals surface area (Å²) in [4.78, 5) is 31.9. The van der Waals surface area contributed by atoms with Crippen LogP contribution >= 0.6 is 0 Å². The molecule has 0 aliphatic rings. The molecule has 0 unspecified atom stereocenters. The van der Waals surface area contributed by atoms with E-state index in [1.807, 2.05) is 0 Å². The Morgan fingerprint density at radius 3 is 1.81 bits per heavy atom. The second-order valence-electron chi connectivity index (χ2n) is 2.83. The Bertz CT molecular complexity index is 489. The zero-order valence-corrected chi connectivity index (χ0v) is 7.67. The lowest BCUT2D eigenvalue weighted by atomic mass is 10.0. The number of hydrogen-bond acceptors (Lipinski definition) is 5. The molecule has 16 heavy (non-hydrogen) atoms. The van der Waals surface area contributed by atoms with Gasteiger partial charge in [-0.05, 0) is 6.07 Å². The second-order valence-corrected chi connectivity index (χ2v) is 2.83. The van der Waals surface area contributed by atoms with Crippen molar-refractivity contribution in [3.63, 3.8) is 0 Å². The number of phenols is 2. The number of aliphatic carboxylic acids is 1. The Balaban J connectivity index is 3.41. The van der Waals surface area contributed by atoms with Crippen molar-refractivity contribution in [1.29, 1.82) is 0 Å². The number of aromatic hydroxyl groups is 2. The molecule has 7 heteroatoms. The van der Waals surface area contributed by atoms with Crippen LogP contribution in [0.1, 0.15) is 20.7 Å². The van der Waals surface area contributed by atoms with Crippen LogP contribution in [0.3, 0.4) is 0 Å². The summed E-state index contributed by atoms with van der Waals surface area (Å²) in [6.45, 7) is 0. The summed E-state index contributed by atoms with van der Waals surface area (Å²) in [6, 6.07) is 1.20. The Hall–Kier alpha value is -2.57. The van der Waals surface area contributed by atoms with Gasteiger partial charge in [-0.15, -0.1) is 0 Å². The van der Waals surface area contributed by atoms with E-state index in [0.29, 0.717) is 12.1 Å². The minimum Gasteiger partial charge on any atom is -0.507 e. The number of Topliss-reactive ketones (excluding diaryl/α,β-unsaturated/α-hetero) is 1. The quantitative estimate of drug-likeness (QED) is 0.423. The van der Waals surface area contributed by atoms with Crippen molar-refractivity contribution in [3.8, 4) is 11.5 Å². The lowest BCUT2D eigenvalue weighted by Crippen LogP contribution is -2.13. The van der Waals surface area contributed by atoms with Crippen molar-refractivity contribution >= 4 is 17.7 Å². The first-order chi connectivity index (χ1) is 7.34. The number of carbonyl (C=O) groups is 3. The first-order valence-electron chi connectivity index (χ1n) is 3.91. The van der Waals surface area contributed by atoms with Gasteiger partial charge >= 0.3 is 11.9 Å². The SMILES string of the molecule is O=C(O)C(=O)c1cc(C(=O)O)c(O)cc1O. The number of aromatic carboxylic acids is 1. The van der Waals surface area contributed by atoms with Crippen molar-refractivity contribution in [2.75, 3.05) is 0 Å². The van der Waals surface area contributed by atoms with Gasteiger partial charge in [-0.2, -0.15) is 0 Å². The summed E-state index contributed by atoms with van der Waals surface area (Å²) in [6.07, 6.45) is 0. The van der Waals surface area contributed by atoms with E-state index in [2.05, 4.69) is 0 Å². The third-order valence-corrected chi connectivity index (χ3v) is 1.78. The molecular weight excluding hydrogens is 220 g/mol. The highest BCUT2D eigenvalue weighted by atomic mass is 16.4. The molecule has 0 aliphatic carbocycles. The molecule has 84 valence electrons. The largest absolute Gasteiger partial charge is 0.507 e. The lowest BCUT2D eigenvalue weighted by Gasteiger charge is -2.04. The zero-order valence-electron chi connectivity index (χ0n) is 7.67. The number of hydrogen-bond donors (Lipinski definition) is 4. The average Bonchev–Trinajstić information content (AvgIpc) is 2.16. The smallest absolute Gasteiger partial charge is 0.377 e. The maximum absolute atomic E-state index is 11.0. The molecule has 7 nitrogen and oxygen atoms in total. The van der Waals surface area contributed by atoms with Gasteiger partial charge in [-0.3, -0.25) is 4.79 Å². The molecule has 1 rings (SSSR count). The van der Waals surface area contributed by atoms with Gasteiger partial charge in [-0.1, -0.05) is 0 Å². The van der Waals surface area contributed by atoms with Gasteiger partial charge in [0.1, 0.15) is 17.1 Å². The van der Waals surface area contributed by atoms with Crippen LogP contribution in [0.25, 0.3) is 0 Å². The van der Waals surface area contributed by atoms with Gasteiger partial charge in [0.25, 0.3) is 5.78 Å². The van der Waals surface area contributed by atoms with Crippen LogP contribution in [0, 0.1) is 0 Å². The lowest BCUT2D eigenvalue weighted by molar-refractivity contribution is -0.131. The average molecular weight is 226 g/mol. The summed E-state index contributed by atoms with van der Waals surface area (Å²) >= 11 is 0. The van der Waals surface area contributed by atoms with Gasteiger partial charge < -0.3 is 20.4 Å². The first-order valence-corrected chi connectivity index (χ1v) is 3.91. The fourth-order valence-corrected chi connectivity index (χ4v) is 1.05. The number of benzene rings is 1. The van der Waals surface area contributed by atoms with Crippen LogP contribution < -0.4 is 0 Å². The number of carbonyl (C=O) groups excluding carboxylic acids is 1. The van der Waals surface area contributed by atoms with E-state index in [-0.39, 0.29) is 0 Å². The van der Waals surface area contributed by atoms with Gasteiger partial charge in [-0.25, -0.2) is 9.59 Å². The fraction of sp³-hybridized carbons (Fsp3) is 0. The molecule has 1 aromatic rings. The normalized spacial score (nSPS) is 9.75. The maximum atomic E-state index is 11.0. The molecule has 0 atom stereocenters. The standard InChI is InChI=1S/C9H6O7/c10-5-2-6(11)4(8(13)14)1-3(5)7(12)9(15)16/h1-2,10-11H,(H,13,14)(H,15,16). The molecule has 0 amide bonds. The number of carboxylic acid groups (broad SMARTS) is 2. The third-order valence-electron chi connectivity index (χ3n) is 1.78.